The second kappa shape index (κ2) is 7.31. The minimum Gasteiger partial charge on any atom is -0.451 e. The molecule has 0 amide bonds. The van der Waals surface area contributed by atoms with Gasteiger partial charge in [0.15, 0.2) is 6.61 Å². The maximum Gasteiger partial charge on any atom is 0.378 e. The van der Waals surface area contributed by atoms with E-state index in [1.807, 2.05) is 55.7 Å². The number of nitrogens with zero attached hydrogens (tertiary/aromatic N) is 5. The van der Waals surface area contributed by atoms with Crippen molar-refractivity contribution in [2.45, 2.75) is 20.8 Å². The molecular weight excluding hydrogens is 370 g/mol. The molecule has 8 nitrogen and oxygen atoms in total. The normalized spacial score (nSPS) is 11.0. The molecule has 0 aliphatic carbocycles. The van der Waals surface area contributed by atoms with Gasteiger partial charge < -0.3 is 9.30 Å². The summed E-state index contributed by atoms with van der Waals surface area (Å²) < 4.78 is 8.60. The Morgan fingerprint density at radius 3 is 2.52 bits per heavy atom. The van der Waals surface area contributed by atoms with Gasteiger partial charge in [-0.25, -0.2) is 14.3 Å². The second-order valence-corrected chi connectivity index (χ2v) is 6.69. The number of carbonyl (C=O) groups excluding carboxylic acids is 2. The lowest BCUT2D eigenvalue weighted by molar-refractivity contribution is 0.0462. The van der Waals surface area contributed by atoms with Crippen molar-refractivity contribution >= 4 is 17.5 Å². The average Bonchev–Trinajstić information content (AvgIpc) is 3.28. The quantitative estimate of drug-likeness (QED) is 0.385. The summed E-state index contributed by atoms with van der Waals surface area (Å²) in [6, 6.07) is 13.3. The number of ether oxygens (including phenoxy) is 1. The lowest BCUT2D eigenvalue weighted by atomic mass is 10.1. The molecule has 0 saturated heterocycles. The summed E-state index contributed by atoms with van der Waals surface area (Å²) in [5.41, 5.74) is 3.98. The third-order valence-corrected chi connectivity index (χ3v) is 4.69. The maximum atomic E-state index is 12.7. The van der Waals surface area contributed by atoms with Crippen LogP contribution in [0.25, 0.3) is 11.5 Å². The van der Waals surface area contributed by atoms with Crippen LogP contribution < -0.4 is 0 Å². The topological polar surface area (TPSA) is 91.4 Å². The van der Waals surface area contributed by atoms with Crippen LogP contribution in [0.2, 0.25) is 0 Å². The molecule has 1 aromatic carbocycles. The van der Waals surface area contributed by atoms with Gasteiger partial charge in [-0.15, -0.1) is 5.10 Å². The van der Waals surface area contributed by atoms with Gasteiger partial charge in [-0.3, -0.25) is 4.79 Å². The minimum atomic E-state index is -0.764. The predicted molar refractivity (Wildman–Crippen MR) is 105 cm³/mol. The molecule has 0 unspecified atom stereocenters. The van der Waals surface area contributed by atoms with Gasteiger partial charge in [0.1, 0.15) is 0 Å². The summed E-state index contributed by atoms with van der Waals surface area (Å²) in [4.78, 5) is 33.1. The van der Waals surface area contributed by atoms with Crippen molar-refractivity contribution in [3.05, 3.63) is 77.1 Å². The molecule has 0 saturated carbocycles. The van der Waals surface area contributed by atoms with Crippen LogP contribution in [-0.2, 0) is 4.74 Å². The van der Waals surface area contributed by atoms with Crippen molar-refractivity contribution in [1.29, 1.82) is 0 Å². The fraction of sp³-hybridized carbons (Fsp3) is 0.190. The van der Waals surface area contributed by atoms with Crippen LogP contribution in [0.1, 0.15) is 38.1 Å². The Kier molecular flexibility index (Phi) is 4.67. The first kappa shape index (κ1) is 18.5. The third-order valence-electron chi connectivity index (χ3n) is 4.69. The maximum absolute atomic E-state index is 12.7. The van der Waals surface area contributed by atoms with Gasteiger partial charge in [-0.1, -0.05) is 18.2 Å². The van der Waals surface area contributed by atoms with Gasteiger partial charge >= 0.3 is 5.97 Å². The SMILES string of the molecule is Cc1cc(C(=O)COC(=O)c2nc3nccc(C)n3n2)c(C)n1-c1ccccc1. The number of hydrogen-bond donors (Lipinski definition) is 0. The molecule has 0 N–H and O–H groups in total. The Bertz CT molecular complexity index is 1220. The molecule has 0 bridgehead atoms. The number of para-hydroxylation sites is 1. The van der Waals surface area contributed by atoms with Crippen LogP contribution in [0, 0.1) is 20.8 Å². The first-order valence-corrected chi connectivity index (χ1v) is 9.09. The Morgan fingerprint density at radius 2 is 1.79 bits per heavy atom. The van der Waals surface area contributed by atoms with Crippen molar-refractivity contribution in [3.63, 3.8) is 0 Å². The fourth-order valence-corrected chi connectivity index (χ4v) is 3.29. The lowest BCUT2D eigenvalue weighted by Crippen LogP contribution is -2.16. The lowest BCUT2D eigenvalue weighted by Gasteiger charge is -2.09. The molecule has 8 heteroatoms. The molecule has 0 radical (unpaired) electrons. The molecule has 146 valence electrons. The highest BCUT2D eigenvalue weighted by Crippen LogP contribution is 2.21. The number of rotatable bonds is 5. The van der Waals surface area contributed by atoms with E-state index in [0.717, 1.165) is 22.8 Å². The van der Waals surface area contributed by atoms with E-state index >= 15 is 0 Å². The van der Waals surface area contributed by atoms with Crippen LogP contribution in [0.3, 0.4) is 0 Å². The summed E-state index contributed by atoms with van der Waals surface area (Å²) in [5.74, 6) is -0.879. The van der Waals surface area contributed by atoms with Crippen molar-refractivity contribution in [1.82, 2.24) is 24.1 Å². The molecule has 4 aromatic rings. The molecule has 0 fully saturated rings. The highest BCUT2D eigenvalue weighted by Gasteiger charge is 2.21. The van der Waals surface area contributed by atoms with E-state index < -0.39 is 5.97 Å². The molecule has 3 aromatic heterocycles. The van der Waals surface area contributed by atoms with Crippen molar-refractivity contribution in [3.8, 4) is 5.69 Å². The summed E-state index contributed by atoms with van der Waals surface area (Å²) in [5, 5.41) is 4.09. The summed E-state index contributed by atoms with van der Waals surface area (Å²) in [7, 11) is 0. The van der Waals surface area contributed by atoms with Crippen LogP contribution in [0.4, 0.5) is 0 Å². The molecule has 0 spiro atoms. The first-order chi connectivity index (χ1) is 14.0. The zero-order chi connectivity index (χ0) is 20.5. The molecule has 0 aliphatic rings. The smallest absolute Gasteiger partial charge is 0.378 e. The number of ketones is 1. The number of carbonyl (C=O) groups is 2. The Morgan fingerprint density at radius 1 is 1.03 bits per heavy atom. The molecule has 0 atom stereocenters. The predicted octanol–water partition coefficient (Wildman–Crippen LogP) is 2.88. The highest BCUT2D eigenvalue weighted by atomic mass is 16.5. The van der Waals surface area contributed by atoms with E-state index in [9.17, 15) is 9.59 Å². The number of fused-ring (bicyclic) bond motifs is 1. The van der Waals surface area contributed by atoms with E-state index in [-0.39, 0.29) is 18.2 Å². The van der Waals surface area contributed by atoms with E-state index in [2.05, 4.69) is 15.1 Å². The highest BCUT2D eigenvalue weighted by molar-refractivity contribution is 6.00. The summed E-state index contributed by atoms with van der Waals surface area (Å²) >= 11 is 0. The number of aryl methyl sites for hydroxylation is 2. The van der Waals surface area contributed by atoms with Crippen LogP contribution in [0.15, 0.2) is 48.7 Å². The molecular formula is C21H19N5O3. The van der Waals surface area contributed by atoms with Crippen LogP contribution in [0.5, 0.6) is 0 Å². The molecule has 3 heterocycles. The number of hydrogen-bond acceptors (Lipinski definition) is 6. The van der Waals surface area contributed by atoms with Crippen molar-refractivity contribution in [2.75, 3.05) is 6.61 Å². The minimum absolute atomic E-state index is 0.130. The summed E-state index contributed by atoms with van der Waals surface area (Å²) in [6.07, 6.45) is 1.58. The van der Waals surface area contributed by atoms with Gasteiger partial charge in [0, 0.05) is 34.5 Å². The van der Waals surface area contributed by atoms with Gasteiger partial charge in [-0.2, -0.15) is 4.98 Å². The number of aromatic nitrogens is 5. The molecule has 0 aliphatic heterocycles. The zero-order valence-corrected chi connectivity index (χ0v) is 16.3. The van der Waals surface area contributed by atoms with E-state index in [1.54, 1.807) is 18.3 Å². The Labute approximate surface area is 166 Å². The number of benzene rings is 1. The van der Waals surface area contributed by atoms with Gasteiger partial charge in [0.05, 0.1) is 0 Å². The van der Waals surface area contributed by atoms with Crippen molar-refractivity contribution < 1.29 is 14.3 Å². The Hall–Kier alpha value is -3.81. The standard InChI is InChI=1S/C21H19N5O3/c1-13-9-10-22-21-23-19(24-26(13)21)20(28)29-12-18(27)17-11-14(2)25(15(17)3)16-7-5-4-6-8-16/h4-11H,12H2,1-3H3. The second-order valence-electron chi connectivity index (χ2n) is 6.69. The van der Waals surface area contributed by atoms with Gasteiger partial charge in [0.25, 0.3) is 11.6 Å². The van der Waals surface area contributed by atoms with Crippen LogP contribution in [-0.4, -0.2) is 42.5 Å². The van der Waals surface area contributed by atoms with Crippen molar-refractivity contribution in [2.24, 2.45) is 0 Å². The van der Waals surface area contributed by atoms with Crippen LogP contribution >= 0.6 is 0 Å². The average molecular weight is 389 g/mol. The fourth-order valence-electron chi connectivity index (χ4n) is 3.29. The number of Topliss-reactive ketones (excluding diaryl/α,β-unsaturated/α-hetero) is 1. The third kappa shape index (κ3) is 3.40. The number of esters is 1. The first-order valence-electron chi connectivity index (χ1n) is 9.09. The van der Waals surface area contributed by atoms with Gasteiger partial charge in [-0.05, 0) is 45.0 Å². The van der Waals surface area contributed by atoms with Gasteiger partial charge in [0.2, 0.25) is 5.78 Å². The summed E-state index contributed by atoms with van der Waals surface area (Å²) in [6.45, 7) is 5.23. The largest absolute Gasteiger partial charge is 0.451 e. The monoisotopic (exact) mass is 389 g/mol. The zero-order valence-electron chi connectivity index (χ0n) is 16.3. The molecule has 29 heavy (non-hydrogen) atoms. The van der Waals surface area contributed by atoms with E-state index in [0.29, 0.717) is 11.3 Å². The van der Waals surface area contributed by atoms with E-state index in [1.165, 1.54) is 4.52 Å². The Balaban J connectivity index is 1.51. The molecule has 4 rings (SSSR count). The van der Waals surface area contributed by atoms with E-state index in [4.69, 9.17) is 4.74 Å².